The Morgan fingerprint density at radius 2 is 1.80 bits per heavy atom. The van der Waals surface area contributed by atoms with Crippen molar-refractivity contribution in [1.82, 2.24) is 10.6 Å². The second-order valence-corrected chi connectivity index (χ2v) is 5.99. The van der Waals surface area contributed by atoms with Crippen LogP contribution in [0.2, 0.25) is 0 Å². The standard InChI is InChI=1S/C16H28N2O2/c1-4-11-17-14(19)16(2,3)15(20)18-12-10-13-8-6-5-7-9-13/h8H,4-7,9-12H2,1-3H3,(H,17,19)(H,18,20). The van der Waals surface area contributed by atoms with E-state index in [2.05, 4.69) is 16.7 Å². The predicted molar refractivity (Wildman–Crippen MR) is 81.3 cm³/mol. The van der Waals surface area contributed by atoms with Gasteiger partial charge in [-0.2, -0.15) is 0 Å². The molecule has 4 nitrogen and oxygen atoms in total. The van der Waals surface area contributed by atoms with Crippen molar-refractivity contribution in [3.05, 3.63) is 11.6 Å². The fraction of sp³-hybridized carbons (Fsp3) is 0.750. The topological polar surface area (TPSA) is 58.2 Å². The first-order chi connectivity index (χ1) is 9.48. The third kappa shape index (κ3) is 4.99. The molecule has 0 atom stereocenters. The lowest BCUT2D eigenvalue weighted by Gasteiger charge is -2.23. The van der Waals surface area contributed by atoms with Gasteiger partial charge < -0.3 is 10.6 Å². The third-order valence-electron chi connectivity index (χ3n) is 3.79. The van der Waals surface area contributed by atoms with Crippen molar-refractivity contribution in [3.63, 3.8) is 0 Å². The number of amides is 2. The molecule has 0 aromatic heterocycles. The number of carbonyl (C=O) groups is 2. The van der Waals surface area contributed by atoms with Crippen molar-refractivity contribution >= 4 is 11.8 Å². The number of carbonyl (C=O) groups excluding carboxylic acids is 2. The highest BCUT2D eigenvalue weighted by Gasteiger charge is 2.35. The van der Waals surface area contributed by atoms with E-state index < -0.39 is 5.41 Å². The zero-order valence-corrected chi connectivity index (χ0v) is 13.1. The van der Waals surface area contributed by atoms with E-state index in [0.29, 0.717) is 13.1 Å². The summed E-state index contributed by atoms with van der Waals surface area (Å²) in [6.07, 6.45) is 8.90. The van der Waals surface area contributed by atoms with Crippen molar-refractivity contribution < 1.29 is 9.59 Å². The summed E-state index contributed by atoms with van der Waals surface area (Å²) < 4.78 is 0. The molecule has 0 spiro atoms. The highest BCUT2D eigenvalue weighted by molar-refractivity contribution is 6.04. The molecule has 0 saturated carbocycles. The number of hydrogen-bond acceptors (Lipinski definition) is 2. The van der Waals surface area contributed by atoms with E-state index in [1.807, 2.05) is 6.92 Å². The van der Waals surface area contributed by atoms with Gasteiger partial charge in [0.15, 0.2) is 0 Å². The quantitative estimate of drug-likeness (QED) is 0.556. The molecular weight excluding hydrogens is 252 g/mol. The SMILES string of the molecule is CCCNC(=O)C(C)(C)C(=O)NCCC1=CCCCC1. The molecular formula is C16H28N2O2. The van der Waals surface area contributed by atoms with Crippen LogP contribution in [0.4, 0.5) is 0 Å². The second kappa shape index (κ2) is 8.08. The van der Waals surface area contributed by atoms with E-state index in [9.17, 15) is 9.59 Å². The summed E-state index contributed by atoms with van der Waals surface area (Å²) in [5, 5.41) is 5.67. The van der Waals surface area contributed by atoms with Crippen LogP contribution in [0.1, 0.15) is 59.3 Å². The molecule has 0 saturated heterocycles. The van der Waals surface area contributed by atoms with Gasteiger partial charge in [0.1, 0.15) is 5.41 Å². The molecule has 114 valence electrons. The molecule has 0 unspecified atom stereocenters. The van der Waals surface area contributed by atoms with Crippen LogP contribution in [-0.4, -0.2) is 24.9 Å². The summed E-state index contributed by atoms with van der Waals surface area (Å²) >= 11 is 0. The first kappa shape index (κ1) is 16.7. The van der Waals surface area contributed by atoms with Gasteiger partial charge in [-0.05, 0) is 52.4 Å². The fourth-order valence-corrected chi connectivity index (χ4v) is 2.25. The molecule has 0 aliphatic heterocycles. The monoisotopic (exact) mass is 280 g/mol. The van der Waals surface area contributed by atoms with Gasteiger partial charge in [-0.25, -0.2) is 0 Å². The molecule has 1 aliphatic carbocycles. The Morgan fingerprint density at radius 3 is 2.35 bits per heavy atom. The molecule has 20 heavy (non-hydrogen) atoms. The fourth-order valence-electron chi connectivity index (χ4n) is 2.25. The average molecular weight is 280 g/mol. The Labute approximate surface area is 122 Å². The number of nitrogens with one attached hydrogen (secondary N) is 2. The molecule has 2 amide bonds. The summed E-state index contributed by atoms with van der Waals surface area (Å²) in [6.45, 7) is 6.57. The maximum absolute atomic E-state index is 12.1. The normalized spacial score (nSPS) is 15.4. The van der Waals surface area contributed by atoms with E-state index in [1.54, 1.807) is 13.8 Å². The summed E-state index contributed by atoms with van der Waals surface area (Å²) in [4.78, 5) is 24.1. The highest BCUT2D eigenvalue weighted by atomic mass is 16.2. The smallest absolute Gasteiger partial charge is 0.235 e. The highest BCUT2D eigenvalue weighted by Crippen LogP contribution is 2.20. The third-order valence-corrected chi connectivity index (χ3v) is 3.79. The summed E-state index contributed by atoms with van der Waals surface area (Å²) in [7, 11) is 0. The van der Waals surface area contributed by atoms with Crippen LogP contribution >= 0.6 is 0 Å². The average Bonchev–Trinajstić information content (AvgIpc) is 2.45. The number of hydrogen-bond donors (Lipinski definition) is 2. The maximum atomic E-state index is 12.1. The van der Waals surface area contributed by atoms with E-state index >= 15 is 0 Å². The van der Waals surface area contributed by atoms with Crippen LogP contribution in [0.3, 0.4) is 0 Å². The Morgan fingerprint density at radius 1 is 1.15 bits per heavy atom. The largest absolute Gasteiger partial charge is 0.355 e. The Balaban J connectivity index is 2.36. The molecule has 1 rings (SSSR count). The molecule has 0 aromatic carbocycles. The van der Waals surface area contributed by atoms with Gasteiger partial charge in [-0.15, -0.1) is 0 Å². The Hall–Kier alpha value is -1.32. The summed E-state index contributed by atoms with van der Waals surface area (Å²) in [6, 6.07) is 0. The first-order valence-electron chi connectivity index (χ1n) is 7.73. The summed E-state index contributed by atoms with van der Waals surface area (Å²) in [5.74, 6) is -0.392. The van der Waals surface area contributed by atoms with Crippen LogP contribution < -0.4 is 10.6 Å². The van der Waals surface area contributed by atoms with Gasteiger partial charge in [0, 0.05) is 13.1 Å². The van der Waals surface area contributed by atoms with E-state index in [4.69, 9.17) is 0 Å². The molecule has 0 radical (unpaired) electrons. The van der Waals surface area contributed by atoms with Crippen molar-refractivity contribution in [2.75, 3.05) is 13.1 Å². The van der Waals surface area contributed by atoms with Gasteiger partial charge in [0.05, 0.1) is 0 Å². The lowest BCUT2D eigenvalue weighted by Crippen LogP contribution is -2.48. The zero-order valence-electron chi connectivity index (χ0n) is 13.1. The molecule has 0 fully saturated rings. The van der Waals surface area contributed by atoms with Crippen molar-refractivity contribution in [1.29, 1.82) is 0 Å². The first-order valence-corrected chi connectivity index (χ1v) is 7.73. The van der Waals surface area contributed by atoms with E-state index in [-0.39, 0.29) is 11.8 Å². The van der Waals surface area contributed by atoms with Crippen LogP contribution in [0.15, 0.2) is 11.6 Å². The molecule has 0 aromatic rings. The number of rotatable bonds is 7. The van der Waals surface area contributed by atoms with Crippen molar-refractivity contribution in [2.24, 2.45) is 5.41 Å². The van der Waals surface area contributed by atoms with Crippen LogP contribution in [0.25, 0.3) is 0 Å². The minimum atomic E-state index is -1.00. The van der Waals surface area contributed by atoms with Gasteiger partial charge in [0.2, 0.25) is 11.8 Å². The van der Waals surface area contributed by atoms with E-state index in [1.165, 1.54) is 18.4 Å². The van der Waals surface area contributed by atoms with Gasteiger partial charge >= 0.3 is 0 Å². The lowest BCUT2D eigenvalue weighted by atomic mass is 9.90. The Kier molecular flexibility index (Phi) is 6.76. The summed E-state index contributed by atoms with van der Waals surface area (Å²) in [5.41, 5.74) is 0.431. The Bertz CT molecular complexity index is 373. The zero-order chi connectivity index (χ0) is 15.0. The predicted octanol–water partition coefficient (Wildman–Crippen LogP) is 2.55. The van der Waals surface area contributed by atoms with Crippen LogP contribution in [0, 0.1) is 5.41 Å². The van der Waals surface area contributed by atoms with Gasteiger partial charge in [-0.1, -0.05) is 18.6 Å². The molecule has 1 aliphatic rings. The second-order valence-electron chi connectivity index (χ2n) is 5.99. The van der Waals surface area contributed by atoms with Gasteiger partial charge in [0.25, 0.3) is 0 Å². The lowest BCUT2D eigenvalue weighted by molar-refractivity contribution is -0.141. The number of allylic oxidation sites excluding steroid dienone is 1. The molecule has 0 heterocycles. The van der Waals surface area contributed by atoms with E-state index in [0.717, 1.165) is 25.7 Å². The molecule has 4 heteroatoms. The molecule has 0 bridgehead atoms. The van der Waals surface area contributed by atoms with Crippen LogP contribution in [-0.2, 0) is 9.59 Å². The van der Waals surface area contributed by atoms with Crippen LogP contribution in [0.5, 0.6) is 0 Å². The molecule has 2 N–H and O–H groups in total. The maximum Gasteiger partial charge on any atom is 0.235 e. The minimum absolute atomic E-state index is 0.192. The minimum Gasteiger partial charge on any atom is -0.355 e. The van der Waals surface area contributed by atoms with Crippen molar-refractivity contribution in [3.8, 4) is 0 Å². The van der Waals surface area contributed by atoms with Gasteiger partial charge in [-0.3, -0.25) is 9.59 Å². The van der Waals surface area contributed by atoms with Crippen molar-refractivity contribution in [2.45, 2.75) is 59.3 Å².